The maximum Gasteiger partial charge on any atom is 0.328 e. The summed E-state index contributed by atoms with van der Waals surface area (Å²) >= 11 is 1.61. The Hall–Kier alpha value is -2.09. The van der Waals surface area contributed by atoms with Gasteiger partial charge in [0.1, 0.15) is 12.6 Å². The van der Waals surface area contributed by atoms with E-state index in [-0.39, 0.29) is 24.1 Å². The van der Waals surface area contributed by atoms with Crippen molar-refractivity contribution in [3.05, 3.63) is 39.9 Å². The van der Waals surface area contributed by atoms with Gasteiger partial charge in [0.15, 0.2) is 0 Å². The summed E-state index contributed by atoms with van der Waals surface area (Å²) in [4.78, 5) is 35.3. The molecule has 0 aromatic heterocycles. The number of nitro benzene ring substituents is 1. The van der Waals surface area contributed by atoms with Gasteiger partial charge in [0.05, 0.1) is 4.92 Å². The summed E-state index contributed by atoms with van der Waals surface area (Å²) in [5.41, 5.74) is 0.650. The summed E-state index contributed by atoms with van der Waals surface area (Å²) in [5, 5.41) is 13.6. The summed E-state index contributed by atoms with van der Waals surface area (Å²) in [7, 11) is 0. The fourth-order valence-electron chi connectivity index (χ4n) is 3.27. The van der Waals surface area contributed by atoms with Crippen molar-refractivity contribution in [3.63, 3.8) is 0 Å². The van der Waals surface area contributed by atoms with Crippen molar-refractivity contribution in [1.82, 2.24) is 5.32 Å². The molecule has 2 rings (SSSR count). The smallest absolute Gasteiger partial charge is 0.328 e. The van der Waals surface area contributed by atoms with Gasteiger partial charge in [-0.3, -0.25) is 14.9 Å². The number of carbonyl (C=O) groups is 2. The van der Waals surface area contributed by atoms with Crippen LogP contribution in [0.1, 0.15) is 44.6 Å². The third-order valence-electron chi connectivity index (χ3n) is 5.13. The molecule has 0 heterocycles. The van der Waals surface area contributed by atoms with Crippen LogP contribution in [-0.4, -0.2) is 34.9 Å². The number of benzene rings is 1. The van der Waals surface area contributed by atoms with Crippen LogP contribution >= 0.6 is 11.8 Å². The van der Waals surface area contributed by atoms with Gasteiger partial charge in [0, 0.05) is 18.1 Å². The van der Waals surface area contributed by atoms with Gasteiger partial charge in [-0.05, 0) is 67.7 Å². The number of rotatable bonds is 9. The highest BCUT2D eigenvalue weighted by Crippen LogP contribution is 2.28. The van der Waals surface area contributed by atoms with E-state index >= 15 is 0 Å². The molecule has 1 atom stereocenters. The molecule has 0 radical (unpaired) electrons. The molecule has 1 fully saturated rings. The van der Waals surface area contributed by atoms with Crippen LogP contribution < -0.4 is 5.32 Å². The Kier molecular flexibility index (Phi) is 8.76. The minimum Gasteiger partial charge on any atom is -0.459 e. The van der Waals surface area contributed by atoms with Gasteiger partial charge in [-0.15, -0.1) is 0 Å². The van der Waals surface area contributed by atoms with Crippen LogP contribution in [0.15, 0.2) is 24.3 Å². The number of nitro groups is 1. The van der Waals surface area contributed by atoms with Crippen LogP contribution in [0.5, 0.6) is 0 Å². The van der Waals surface area contributed by atoms with E-state index in [0.717, 1.165) is 31.4 Å². The van der Waals surface area contributed by atoms with Crippen molar-refractivity contribution in [2.75, 3.05) is 12.0 Å². The lowest BCUT2D eigenvalue weighted by Gasteiger charge is -2.27. The molecule has 154 valence electrons. The fourth-order valence-corrected chi connectivity index (χ4v) is 3.74. The monoisotopic (exact) mass is 408 g/mol. The molecule has 0 spiro atoms. The third kappa shape index (κ3) is 6.82. The number of nitrogens with one attached hydrogen (secondary N) is 1. The summed E-state index contributed by atoms with van der Waals surface area (Å²) < 4.78 is 5.36. The van der Waals surface area contributed by atoms with Gasteiger partial charge in [-0.2, -0.15) is 11.8 Å². The van der Waals surface area contributed by atoms with E-state index in [1.807, 2.05) is 6.26 Å². The first kappa shape index (κ1) is 22.2. The summed E-state index contributed by atoms with van der Waals surface area (Å²) in [5.74, 6) is 0.827. The van der Waals surface area contributed by atoms with E-state index in [2.05, 4.69) is 12.2 Å². The zero-order chi connectivity index (χ0) is 20.5. The molecule has 1 saturated carbocycles. The molecular weight excluding hydrogens is 380 g/mol. The zero-order valence-corrected chi connectivity index (χ0v) is 17.2. The number of thioether (sulfide) groups is 1. The van der Waals surface area contributed by atoms with Crippen LogP contribution in [0.4, 0.5) is 5.69 Å². The number of esters is 1. The average Bonchev–Trinajstić information content (AvgIpc) is 2.69. The zero-order valence-electron chi connectivity index (χ0n) is 16.4. The molecule has 1 aliphatic carbocycles. The lowest BCUT2D eigenvalue weighted by atomic mass is 9.82. The van der Waals surface area contributed by atoms with Crippen LogP contribution in [0.3, 0.4) is 0 Å². The molecule has 1 aromatic carbocycles. The molecular formula is C20H28N2O5S. The van der Waals surface area contributed by atoms with Crippen LogP contribution in [-0.2, 0) is 20.9 Å². The summed E-state index contributed by atoms with van der Waals surface area (Å²) in [6.45, 7) is 2.22. The largest absolute Gasteiger partial charge is 0.459 e. The normalized spacial score (nSPS) is 20.2. The predicted octanol–water partition coefficient (Wildman–Crippen LogP) is 3.70. The first-order chi connectivity index (χ1) is 13.4. The lowest BCUT2D eigenvalue weighted by Crippen LogP contribution is -2.45. The standard InChI is InChI=1S/C20H28N2O5S/c1-14-3-7-16(8-4-14)19(23)21-18(11-12-28-2)20(24)27-13-15-5-9-17(10-6-15)22(25)26/h5-6,9-10,14,16,18H,3-4,7-8,11-13H2,1-2H3,(H,21,23)/t14?,16?,18-/m0/s1. The topological polar surface area (TPSA) is 98.5 Å². The van der Waals surface area contributed by atoms with E-state index in [1.165, 1.54) is 12.1 Å². The molecule has 0 aliphatic heterocycles. The van der Waals surface area contributed by atoms with Gasteiger partial charge < -0.3 is 10.1 Å². The van der Waals surface area contributed by atoms with Gasteiger partial charge in [-0.1, -0.05) is 6.92 Å². The minimum absolute atomic E-state index is 0.0120. The highest BCUT2D eigenvalue weighted by atomic mass is 32.2. The van der Waals surface area contributed by atoms with E-state index in [4.69, 9.17) is 4.74 Å². The van der Waals surface area contributed by atoms with Gasteiger partial charge in [0.2, 0.25) is 5.91 Å². The highest BCUT2D eigenvalue weighted by Gasteiger charge is 2.28. The van der Waals surface area contributed by atoms with Crippen molar-refractivity contribution in [2.24, 2.45) is 11.8 Å². The van der Waals surface area contributed by atoms with Crippen LogP contribution in [0.2, 0.25) is 0 Å². The summed E-state index contributed by atoms with van der Waals surface area (Å²) in [6, 6.07) is 5.20. The Bertz CT molecular complexity index is 672. The number of amides is 1. The molecule has 0 saturated heterocycles. The molecule has 1 aromatic rings. The number of non-ortho nitro benzene ring substituents is 1. The van der Waals surface area contributed by atoms with Gasteiger partial charge in [-0.25, -0.2) is 4.79 Å². The Morgan fingerprint density at radius 3 is 2.46 bits per heavy atom. The third-order valence-corrected chi connectivity index (χ3v) is 5.77. The Labute approximate surface area is 169 Å². The number of ether oxygens (including phenoxy) is 1. The Morgan fingerprint density at radius 2 is 1.89 bits per heavy atom. The van der Waals surface area contributed by atoms with Gasteiger partial charge in [0.25, 0.3) is 5.69 Å². The van der Waals surface area contributed by atoms with Crippen molar-refractivity contribution < 1.29 is 19.2 Å². The molecule has 8 heteroatoms. The Balaban J connectivity index is 1.90. The van der Waals surface area contributed by atoms with Crippen molar-refractivity contribution in [3.8, 4) is 0 Å². The van der Waals surface area contributed by atoms with E-state index in [9.17, 15) is 19.7 Å². The summed E-state index contributed by atoms with van der Waals surface area (Å²) in [6.07, 6.45) is 6.26. The second kappa shape index (κ2) is 11.0. The lowest BCUT2D eigenvalue weighted by molar-refractivity contribution is -0.384. The van der Waals surface area contributed by atoms with Crippen LogP contribution in [0.25, 0.3) is 0 Å². The molecule has 0 bridgehead atoms. The quantitative estimate of drug-likeness (QED) is 0.380. The molecule has 1 amide bonds. The van der Waals surface area contributed by atoms with Crippen molar-refractivity contribution in [2.45, 2.75) is 51.7 Å². The SMILES string of the molecule is CSCC[C@H](NC(=O)C1CCC(C)CC1)C(=O)OCc1ccc([N+](=O)[O-])cc1. The second-order valence-corrected chi connectivity index (χ2v) is 8.32. The minimum atomic E-state index is -0.669. The van der Waals surface area contributed by atoms with Crippen LogP contribution in [0, 0.1) is 22.0 Å². The van der Waals surface area contributed by atoms with E-state index in [1.54, 1.807) is 23.9 Å². The first-order valence-electron chi connectivity index (χ1n) is 9.60. The Morgan fingerprint density at radius 1 is 1.25 bits per heavy atom. The molecule has 1 aliphatic rings. The molecule has 0 unspecified atom stereocenters. The van der Waals surface area contributed by atoms with E-state index < -0.39 is 16.9 Å². The van der Waals surface area contributed by atoms with Crippen molar-refractivity contribution in [1.29, 1.82) is 0 Å². The van der Waals surface area contributed by atoms with E-state index in [0.29, 0.717) is 17.9 Å². The predicted molar refractivity (Wildman–Crippen MR) is 109 cm³/mol. The fraction of sp³-hybridized carbons (Fsp3) is 0.600. The first-order valence-corrected chi connectivity index (χ1v) is 11.0. The number of hydrogen-bond donors (Lipinski definition) is 1. The molecule has 7 nitrogen and oxygen atoms in total. The maximum absolute atomic E-state index is 12.6. The van der Waals surface area contributed by atoms with Gasteiger partial charge >= 0.3 is 5.97 Å². The molecule has 28 heavy (non-hydrogen) atoms. The number of carbonyl (C=O) groups excluding carboxylic acids is 2. The molecule has 1 N–H and O–H groups in total. The highest BCUT2D eigenvalue weighted by molar-refractivity contribution is 7.98. The maximum atomic E-state index is 12.6. The number of hydrogen-bond acceptors (Lipinski definition) is 6. The second-order valence-electron chi connectivity index (χ2n) is 7.33. The number of nitrogens with zero attached hydrogens (tertiary/aromatic N) is 1. The average molecular weight is 409 g/mol. The van der Waals surface area contributed by atoms with Crippen molar-refractivity contribution >= 4 is 29.3 Å².